The molecule has 0 aromatic heterocycles. The number of anilines is 1. The van der Waals surface area contributed by atoms with E-state index in [4.69, 9.17) is 4.74 Å². The Morgan fingerprint density at radius 3 is 2.74 bits per heavy atom. The first-order valence-corrected chi connectivity index (χ1v) is 6.33. The lowest BCUT2D eigenvalue weighted by Crippen LogP contribution is -2.36. The van der Waals surface area contributed by atoms with Crippen molar-refractivity contribution in [3.63, 3.8) is 0 Å². The maximum atomic E-state index is 13.6. The van der Waals surface area contributed by atoms with Gasteiger partial charge < -0.3 is 14.7 Å². The standard InChI is InChI=1S/C14H18FNO3/c1-16(14(18)10-4-3-5-12(10)17)9-6-7-13(19-2)11(15)8-9/h6-8,10,12,17H,3-5H2,1-2H3. The number of ether oxygens (including phenoxy) is 1. The molecule has 1 aromatic rings. The Balaban J connectivity index is 2.17. The van der Waals surface area contributed by atoms with E-state index >= 15 is 0 Å². The highest BCUT2D eigenvalue weighted by molar-refractivity contribution is 5.95. The number of hydrogen-bond donors (Lipinski definition) is 1. The second-order valence-electron chi connectivity index (χ2n) is 4.82. The van der Waals surface area contributed by atoms with Gasteiger partial charge in [0.2, 0.25) is 5.91 Å². The number of halogens is 1. The summed E-state index contributed by atoms with van der Waals surface area (Å²) in [5.74, 6) is -0.915. The smallest absolute Gasteiger partial charge is 0.232 e. The topological polar surface area (TPSA) is 49.8 Å². The molecule has 104 valence electrons. The SMILES string of the molecule is COc1ccc(N(C)C(=O)C2CCCC2O)cc1F. The van der Waals surface area contributed by atoms with Crippen LogP contribution in [-0.2, 0) is 4.79 Å². The van der Waals surface area contributed by atoms with Gasteiger partial charge in [0.05, 0.1) is 19.1 Å². The van der Waals surface area contributed by atoms with E-state index in [0.29, 0.717) is 18.5 Å². The van der Waals surface area contributed by atoms with Crippen LogP contribution in [0, 0.1) is 11.7 Å². The van der Waals surface area contributed by atoms with Crippen molar-refractivity contribution in [1.82, 2.24) is 0 Å². The molecule has 1 aromatic carbocycles. The minimum atomic E-state index is -0.585. The minimum Gasteiger partial charge on any atom is -0.494 e. The fourth-order valence-electron chi connectivity index (χ4n) is 2.47. The second kappa shape index (κ2) is 5.57. The Morgan fingerprint density at radius 2 is 2.21 bits per heavy atom. The summed E-state index contributed by atoms with van der Waals surface area (Å²) in [5, 5.41) is 9.75. The number of rotatable bonds is 3. The van der Waals surface area contributed by atoms with Crippen LogP contribution in [0.5, 0.6) is 5.75 Å². The number of benzene rings is 1. The van der Waals surface area contributed by atoms with E-state index in [-0.39, 0.29) is 17.6 Å². The number of carbonyl (C=O) groups excluding carboxylic acids is 1. The molecule has 0 radical (unpaired) electrons. The molecule has 1 aliphatic carbocycles. The highest BCUT2D eigenvalue weighted by Crippen LogP contribution is 2.29. The van der Waals surface area contributed by atoms with Gasteiger partial charge in [0.25, 0.3) is 0 Å². The lowest BCUT2D eigenvalue weighted by Gasteiger charge is -2.23. The van der Waals surface area contributed by atoms with E-state index in [1.165, 1.54) is 24.1 Å². The van der Waals surface area contributed by atoms with Gasteiger partial charge in [0, 0.05) is 18.8 Å². The Bertz CT molecular complexity index is 478. The minimum absolute atomic E-state index is 0.144. The Hall–Kier alpha value is -1.62. The van der Waals surface area contributed by atoms with Gasteiger partial charge >= 0.3 is 0 Å². The highest BCUT2D eigenvalue weighted by Gasteiger charge is 2.33. The van der Waals surface area contributed by atoms with E-state index in [1.54, 1.807) is 13.1 Å². The van der Waals surface area contributed by atoms with Crippen LogP contribution in [0.4, 0.5) is 10.1 Å². The average Bonchev–Trinajstić information content (AvgIpc) is 2.83. The van der Waals surface area contributed by atoms with Gasteiger partial charge in [-0.25, -0.2) is 4.39 Å². The number of hydrogen-bond acceptors (Lipinski definition) is 3. The fourth-order valence-corrected chi connectivity index (χ4v) is 2.47. The Labute approximate surface area is 111 Å². The highest BCUT2D eigenvalue weighted by atomic mass is 19.1. The zero-order valence-electron chi connectivity index (χ0n) is 11.1. The summed E-state index contributed by atoms with van der Waals surface area (Å²) in [6, 6.07) is 4.37. The molecular formula is C14H18FNO3. The Kier molecular flexibility index (Phi) is 4.04. The fraction of sp³-hybridized carbons (Fsp3) is 0.500. The summed E-state index contributed by atoms with van der Waals surface area (Å²) in [7, 11) is 2.98. The van der Waals surface area contributed by atoms with Crippen molar-refractivity contribution in [2.45, 2.75) is 25.4 Å². The van der Waals surface area contributed by atoms with Gasteiger partial charge in [0.15, 0.2) is 11.6 Å². The number of nitrogens with zero attached hydrogens (tertiary/aromatic N) is 1. The molecule has 5 heteroatoms. The van der Waals surface area contributed by atoms with Crippen molar-refractivity contribution in [2.24, 2.45) is 5.92 Å². The molecule has 2 atom stereocenters. The predicted octanol–water partition coefficient (Wildman–Crippen LogP) is 1.96. The molecule has 0 saturated heterocycles. The quantitative estimate of drug-likeness (QED) is 0.910. The van der Waals surface area contributed by atoms with Gasteiger partial charge in [-0.1, -0.05) is 0 Å². The summed E-state index contributed by atoms with van der Waals surface area (Å²) in [6.07, 6.45) is 1.60. The predicted molar refractivity (Wildman–Crippen MR) is 69.7 cm³/mol. The number of amides is 1. The van der Waals surface area contributed by atoms with Crippen LogP contribution < -0.4 is 9.64 Å². The average molecular weight is 267 g/mol. The Morgan fingerprint density at radius 1 is 1.47 bits per heavy atom. The second-order valence-corrected chi connectivity index (χ2v) is 4.82. The molecule has 4 nitrogen and oxygen atoms in total. The molecule has 0 bridgehead atoms. The van der Waals surface area contributed by atoms with Crippen molar-refractivity contribution < 1.29 is 19.0 Å². The molecule has 2 rings (SSSR count). The van der Waals surface area contributed by atoms with Crippen LogP contribution in [0.15, 0.2) is 18.2 Å². The molecule has 1 aliphatic rings. The van der Waals surface area contributed by atoms with Crippen LogP contribution >= 0.6 is 0 Å². The summed E-state index contributed by atoms with van der Waals surface area (Å²) in [5.41, 5.74) is 0.461. The summed E-state index contributed by atoms with van der Waals surface area (Å²) >= 11 is 0. The van der Waals surface area contributed by atoms with E-state index in [1.807, 2.05) is 0 Å². The molecule has 1 N–H and O–H groups in total. The number of aliphatic hydroxyl groups is 1. The normalized spacial score (nSPS) is 22.3. The third-order valence-corrected chi connectivity index (χ3v) is 3.65. The molecule has 0 aliphatic heterocycles. The first kappa shape index (κ1) is 13.8. The van der Waals surface area contributed by atoms with E-state index < -0.39 is 11.9 Å². The summed E-state index contributed by atoms with van der Waals surface area (Å²) < 4.78 is 18.5. The van der Waals surface area contributed by atoms with Crippen molar-refractivity contribution in [1.29, 1.82) is 0 Å². The maximum absolute atomic E-state index is 13.6. The van der Waals surface area contributed by atoms with E-state index in [2.05, 4.69) is 0 Å². The van der Waals surface area contributed by atoms with Gasteiger partial charge in [0.1, 0.15) is 0 Å². The summed E-state index contributed by atoms with van der Waals surface area (Å²) in [4.78, 5) is 13.6. The largest absolute Gasteiger partial charge is 0.494 e. The molecular weight excluding hydrogens is 249 g/mol. The first-order chi connectivity index (χ1) is 9.04. The van der Waals surface area contributed by atoms with Crippen LogP contribution in [0.1, 0.15) is 19.3 Å². The van der Waals surface area contributed by atoms with Gasteiger partial charge in [-0.3, -0.25) is 4.79 Å². The first-order valence-electron chi connectivity index (χ1n) is 6.33. The van der Waals surface area contributed by atoms with Crippen LogP contribution in [0.3, 0.4) is 0 Å². The molecule has 1 saturated carbocycles. The van der Waals surface area contributed by atoms with Crippen molar-refractivity contribution >= 4 is 11.6 Å². The molecule has 0 spiro atoms. The molecule has 1 fully saturated rings. The lowest BCUT2D eigenvalue weighted by molar-refractivity contribution is -0.124. The zero-order chi connectivity index (χ0) is 14.0. The van der Waals surface area contributed by atoms with Crippen LogP contribution in [0.2, 0.25) is 0 Å². The summed E-state index contributed by atoms with van der Waals surface area (Å²) in [6.45, 7) is 0. The van der Waals surface area contributed by atoms with Crippen molar-refractivity contribution in [2.75, 3.05) is 19.1 Å². The van der Waals surface area contributed by atoms with Gasteiger partial charge in [-0.15, -0.1) is 0 Å². The number of aliphatic hydroxyl groups excluding tert-OH is 1. The molecule has 19 heavy (non-hydrogen) atoms. The van der Waals surface area contributed by atoms with Crippen LogP contribution in [-0.4, -0.2) is 31.3 Å². The van der Waals surface area contributed by atoms with E-state index in [9.17, 15) is 14.3 Å². The molecule has 1 amide bonds. The number of carbonyl (C=O) groups is 1. The van der Waals surface area contributed by atoms with Gasteiger partial charge in [-0.05, 0) is 31.4 Å². The van der Waals surface area contributed by atoms with Gasteiger partial charge in [-0.2, -0.15) is 0 Å². The monoisotopic (exact) mass is 267 g/mol. The molecule has 2 unspecified atom stereocenters. The number of methoxy groups -OCH3 is 1. The van der Waals surface area contributed by atoms with Crippen LogP contribution in [0.25, 0.3) is 0 Å². The zero-order valence-corrected chi connectivity index (χ0v) is 11.1. The maximum Gasteiger partial charge on any atom is 0.232 e. The van der Waals surface area contributed by atoms with E-state index in [0.717, 1.165) is 6.42 Å². The lowest BCUT2D eigenvalue weighted by atomic mass is 10.0. The third kappa shape index (κ3) is 2.71. The third-order valence-electron chi connectivity index (χ3n) is 3.65. The molecule has 0 heterocycles. The van der Waals surface area contributed by atoms with Crippen molar-refractivity contribution in [3.8, 4) is 5.75 Å². The van der Waals surface area contributed by atoms with Crippen molar-refractivity contribution in [3.05, 3.63) is 24.0 Å².